The largest absolute Gasteiger partial charge is 0.505 e. The number of phenols is 1. The van der Waals surface area contributed by atoms with Gasteiger partial charge < -0.3 is 20.6 Å². The van der Waals surface area contributed by atoms with Crippen molar-refractivity contribution < 1.29 is 14.3 Å². The Kier molecular flexibility index (Phi) is 3.00. The van der Waals surface area contributed by atoms with Gasteiger partial charge in [0.25, 0.3) is 5.91 Å². The Morgan fingerprint density at radius 2 is 2.18 bits per heavy atom. The molecule has 1 heterocycles. The predicted octanol–water partition coefficient (Wildman–Crippen LogP) is 1.50. The lowest BCUT2D eigenvalue weighted by atomic mass is 10.1. The van der Waals surface area contributed by atoms with Gasteiger partial charge in [-0.05, 0) is 24.3 Å². The lowest BCUT2D eigenvalue weighted by Crippen LogP contribution is -2.22. The lowest BCUT2D eigenvalue weighted by Gasteiger charge is -2.06. The molecule has 2 aromatic rings. The summed E-state index contributed by atoms with van der Waals surface area (Å²) in [5, 5.41) is 12.2. The lowest BCUT2D eigenvalue weighted by molar-refractivity contribution is 0.0945. The maximum Gasteiger partial charge on any atom is 0.255 e. The molecule has 0 atom stereocenters. The molecule has 0 saturated heterocycles. The molecule has 88 valence electrons. The number of para-hydroxylation sites is 1. The molecule has 0 aliphatic rings. The second-order valence-electron chi connectivity index (χ2n) is 3.51. The van der Waals surface area contributed by atoms with Crippen LogP contribution in [0.4, 0.5) is 5.69 Å². The van der Waals surface area contributed by atoms with E-state index in [2.05, 4.69) is 5.32 Å². The molecule has 0 spiro atoms. The number of hydrogen-bond acceptors (Lipinski definition) is 4. The van der Waals surface area contributed by atoms with Crippen LogP contribution in [0.25, 0.3) is 0 Å². The topological polar surface area (TPSA) is 88.5 Å². The highest BCUT2D eigenvalue weighted by atomic mass is 16.3. The van der Waals surface area contributed by atoms with E-state index in [4.69, 9.17) is 10.2 Å². The number of nitrogen functional groups attached to an aromatic ring is 1. The molecule has 0 aliphatic heterocycles. The fraction of sp³-hybridized carbons (Fsp3) is 0.0833. The molecule has 1 aromatic heterocycles. The number of nitrogens with one attached hydrogen (secondary N) is 1. The minimum absolute atomic E-state index is 0.150. The summed E-state index contributed by atoms with van der Waals surface area (Å²) in [5.41, 5.74) is 5.83. The maximum absolute atomic E-state index is 11.7. The van der Waals surface area contributed by atoms with E-state index in [1.165, 1.54) is 18.4 Å². The minimum Gasteiger partial charge on any atom is -0.505 e. The van der Waals surface area contributed by atoms with Crippen molar-refractivity contribution in [1.29, 1.82) is 0 Å². The number of hydrogen-bond donors (Lipinski definition) is 3. The van der Waals surface area contributed by atoms with Crippen LogP contribution in [0.15, 0.2) is 41.0 Å². The van der Waals surface area contributed by atoms with E-state index < -0.39 is 5.91 Å². The summed E-state index contributed by atoms with van der Waals surface area (Å²) in [5.74, 6) is 0.0392. The molecule has 2 rings (SSSR count). The van der Waals surface area contributed by atoms with Crippen LogP contribution < -0.4 is 11.1 Å². The zero-order valence-corrected chi connectivity index (χ0v) is 9.01. The third kappa shape index (κ3) is 2.39. The molecular formula is C12H12N2O3. The molecule has 0 saturated carbocycles. The molecule has 0 bridgehead atoms. The first-order valence-electron chi connectivity index (χ1n) is 5.06. The number of amides is 1. The maximum atomic E-state index is 11.7. The highest BCUT2D eigenvalue weighted by molar-refractivity contribution is 5.98. The van der Waals surface area contributed by atoms with Crippen molar-refractivity contribution in [2.75, 3.05) is 5.73 Å². The van der Waals surface area contributed by atoms with Crippen LogP contribution in [0.1, 0.15) is 16.1 Å². The van der Waals surface area contributed by atoms with Crippen LogP contribution in [-0.4, -0.2) is 11.0 Å². The number of carbonyl (C=O) groups excluding carboxylic acids is 1. The van der Waals surface area contributed by atoms with Crippen molar-refractivity contribution in [1.82, 2.24) is 5.32 Å². The van der Waals surface area contributed by atoms with E-state index in [0.717, 1.165) is 0 Å². The van der Waals surface area contributed by atoms with Crippen LogP contribution >= 0.6 is 0 Å². The third-order valence-electron chi connectivity index (χ3n) is 2.32. The fourth-order valence-corrected chi connectivity index (χ4v) is 1.42. The van der Waals surface area contributed by atoms with Crippen LogP contribution in [0.2, 0.25) is 0 Å². The summed E-state index contributed by atoms with van der Waals surface area (Å²) < 4.78 is 5.07. The van der Waals surface area contributed by atoms with Gasteiger partial charge in [0.2, 0.25) is 0 Å². The Morgan fingerprint density at radius 3 is 2.88 bits per heavy atom. The molecule has 17 heavy (non-hydrogen) atoms. The molecule has 0 aliphatic carbocycles. The van der Waals surface area contributed by atoms with Crippen LogP contribution in [0.3, 0.4) is 0 Å². The quantitative estimate of drug-likeness (QED) is 0.552. The normalized spacial score (nSPS) is 10.1. The molecular weight excluding hydrogens is 220 g/mol. The van der Waals surface area contributed by atoms with Crippen LogP contribution in [0.5, 0.6) is 5.75 Å². The zero-order valence-electron chi connectivity index (χ0n) is 9.01. The van der Waals surface area contributed by atoms with E-state index in [-0.39, 0.29) is 23.5 Å². The van der Waals surface area contributed by atoms with Gasteiger partial charge in [-0.15, -0.1) is 0 Å². The van der Waals surface area contributed by atoms with Crippen molar-refractivity contribution in [3.05, 3.63) is 47.9 Å². The molecule has 1 aromatic carbocycles. The summed E-state index contributed by atoms with van der Waals surface area (Å²) in [6, 6.07) is 8.12. The van der Waals surface area contributed by atoms with E-state index in [0.29, 0.717) is 5.76 Å². The summed E-state index contributed by atoms with van der Waals surface area (Å²) in [7, 11) is 0. The van der Waals surface area contributed by atoms with Gasteiger partial charge in [0.15, 0.2) is 5.75 Å². The van der Waals surface area contributed by atoms with Crippen LogP contribution in [-0.2, 0) is 6.54 Å². The van der Waals surface area contributed by atoms with E-state index in [1.54, 1.807) is 18.2 Å². The van der Waals surface area contributed by atoms with Crippen molar-refractivity contribution in [3.8, 4) is 5.75 Å². The Balaban J connectivity index is 2.07. The van der Waals surface area contributed by atoms with Crippen molar-refractivity contribution in [3.63, 3.8) is 0 Å². The first kappa shape index (κ1) is 11.1. The molecule has 0 radical (unpaired) electrons. The molecule has 1 amide bonds. The monoisotopic (exact) mass is 232 g/mol. The molecule has 4 N–H and O–H groups in total. The number of nitrogens with two attached hydrogens (primary N) is 1. The van der Waals surface area contributed by atoms with Gasteiger partial charge in [0.05, 0.1) is 24.1 Å². The van der Waals surface area contributed by atoms with Gasteiger partial charge in [-0.1, -0.05) is 6.07 Å². The van der Waals surface area contributed by atoms with Crippen molar-refractivity contribution in [2.24, 2.45) is 0 Å². The number of aromatic hydroxyl groups is 1. The van der Waals surface area contributed by atoms with Gasteiger partial charge in [0.1, 0.15) is 5.76 Å². The summed E-state index contributed by atoms with van der Waals surface area (Å²) >= 11 is 0. The average molecular weight is 232 g/mol. The van der Waals surface area contributed by atoms with Gasteiger partial charge >= 0.3 is 0 Å². The van der Waals surface area contributed by atoms with Gasteiger partial charge in [-0.25, -0.2) is 0 Å². The molecule has 0 unspecified atom stereocenters. The van der Waals surface area contributed by atoms with E-state index in [1.807, 2.05) is 0 Å². The minimum atomic E-state index is -0.397. The Bertz CT molecular complexity index is 521. The second kappa shape index (κ2) is 4.61. The predicted molar refractivity (Wildman–Crippen MR) is 62.4 cm³/mol. The molecule has 5 nitrogen and oxygen atoms in total. The number of anilines is 1. The molecule has 0 fully saturated rings. The average Bonchev–Trinajstić information content (AvgIpc) is 2.82. The summed E-state index contributed by atoms with van der Waals surface area (Å²) in [6.07, 6.45) is 1.53. The number of carbonyl (C=O) groups is 1. The van der Waals surface area contributed by atoms with E-state index in [9.17, 15) is 9.90 Å². The summed E-state index contributed by atoms with van der Waals surface area (Å²) in [4.78, 5) is 11.7. The number of phenolic OH excluding ortho intramolecular Hbond substituents is 1. The zero-order chi connectivity index (χ0) is 12.3. The van der Waals surface area contributed by atoms with Crippen LogP contribution in [0, 0.1) is 0 Å². The third-order valence-corrected chi connectivity index (χ3v) is 2.32. The fourth-order valence-electron chi connectivity index (χ4n) is 1.42. The SMILES string of the molecule is Nc1cccc(C(=O)NCc2ccco2)c1O. The number of rotatable bonds is 3. The standard InChI is InChI=1S/C12H12N2O3/c13-10-5-1-4-9(11(10)15)12(16)14-7-8-3-2-6-17-8/h1-6,15H,7,13H2,(H,14,16). The first-order chi connectivity index (χ1) is 8.18. The highest BCUT2D eigenvalue weighted by Gasteiger charge is 2.12. The smallest absolute Gasteiger partial charge is 0.255 e. The first-order valence-corrected chi connectivity index (χ1v) is 5.06. The highest BCUT2D eigenvalue weighted by Crippen LogP contribution is 2.24. The Hall–Kier alpha value is -2.43. The number of furan rings is 1. The second-order valence-corrected chi connectivity index (χ2v) is 3.51. The Morgan fingerprint density at radius 1 is 1.35 bits per heavy atom. The molecule has 5 heteroatoms. The van der Waals surface area contributed by atoms with Crippen molar-refractivity contribution in [2.45, 2.75) is 6.54 Å². The van der Waals surface area contributed by atoms with Gasteiger partial charge in [-0.2, -0.15) is 0 Å². The Labute approximate surface area is 97.9 Å². The van der Waals surface area contributed by atoms with E-state index >= 15 is 0 Å². The number of benzene rings is 1. The van der Waals surface area contributed by atoms with Gasteiger partial charge in [0, 0.05) is 0 Å². The summed E-state index contributed by atoms with van der Waals surface area (Å²) in [6.45, 7) is 0.264. The van der Waals surface area contributed by atoms with Gasteiger partial charge in [-0.3, -0.25) is 4.79 Å². The van der Waals surface area contributed by atoms with Crippen molar-refractivity contribution >= 4 is 11.6 Å².